The minimum atomic E-state index is -0.421. The van der Waals surface area contributed by atoms with E-state index >= 15 is 0 Å². The molecule has 0 radical (unpaired) electrons. The van der Waals surface area contributed by atoms with Crippen LogP contribution in [0.2, 0.25) is 0 Å². The highest BCUT2D eigenvalue weighted by Crippen LogP contribution is 2.14. The summed E-state index contributed by atoms with van der Waals surface area (Å²) in [6.45, 7) is 2.94. The van der Waals surface area contributed by atoms with Gasteiger partial charge >= 0.3 is 0 Å². The van der Waals surface area contributed by atoms with Gasteiger partial charge in [-0.3, -0.25) is 10.1 Å². The number of benzene rings is 1. The van der Waals surface area contributed by atoms with Crippen molar-refractivity contribution in [2.24, 2.45) is 0 Å². The summed E-state index contributed by atoms with van der Waals surface area (Å²) < 4.78 is 5.27. The van der Waals surface area contributed by atoms with Crippen molar-refractivity contribution in [2.75, 3.05) is 11.9 Å². The molecule has 1 aromatic heterocycles. The Morgan fingerprint density at radius 2 is 2.05 bits per heavy atom. The summed E-state index contributed by atoms with van der Waals surface area (Å²) in [5, 5.41) is 13.7. The monoisotopic (exact) mass is 274 g/mol. The number of nitrogens with one attached hydrogen (secondary N) is 1. The molecule has 1 heterocycles. The normalized spacial score (nSPS) is 10.1. The molecule has 104 valence electrons. The first kappa shape index (κ1) is 13.7. The number of rotatable bonds is 6. The molecule has 0 spiro atoms. The van der Waals surface area contributed by atoms with Crippen LogP contribution in [0.4, 0.5) is 11.5 Å². The van der Waals surface area contributed by atoms with Gasteiger partial charge in [0, 0.05) is 24.7 Å². The Morgan fingerprint density at radius 1 is 1.30 bits per heavy atom. The van der Waals surface area contributed by atoms with Gasteiger partial charge in [0.15, 0.2) is 0 Å². The molecule has 7 heteroatoms. The minimum absolute atomic E-state index is 0.0782. The maximum absolute atomic E-state index is 10.5. The highest BCUT2D eigenvalue weighted by atomic mass is 16.6. The van der Waals surface area contributed by atoms with E-state index < -0.39 is 4.92 Å². The van der Waals surface area contributed by atoms with Crippen LogP contribution < -0.4 is 10.1 Å². The standard InChI is InChI=1S/C13H14N4O3/c1-2-20-13-7-12(15-9-16-13)14-8-10-3-5-11(6-4-10)17(18)19/h3-7,9H,2,8H2,1H3,(H,14,15,16). The molecule has 0 aliphatic rings. The van der Waals surface area contributed by atoms with Gasteiger partial charge in [-0.05, 0) is 12.5 Å². The van der Waals surface area contributed by atoms with Crippen LogP contribution in [0.1, 0.15) is 12.5 Å². The first-order chi connectivity index (χ1) is 9.69. The molecule has 1 N–H and O–H groups in total. The topological polar surface area (TPSA) is 90.2 Å². The van der Waals surface area contributed by atoms with E-state index in [4.69, 9.17) is 4.74 Å². The molecule has 0 atom stereocenters. The molecule has 2 aromatic rings. The van der Waals surface area contributed by atoms with E-state index in [1.807, 2.05) is 6.92 Å². The van der Waals surface area contributed by atoms with Crippen molar-refractivity contribution in [1.82, 2.24) is 9.97 Å². The molecule has 20 heavy (non-hydrogen) atoms. The molecule has 2 rings (SSSR count). The van der Waals surface area contributed by atoms with Crippen LogP contribution in [-0.2, 0) is 6.54 Å². The van der Waals surface area contributed by atoms with Gasteiger partial charge in [0.2, 0.25) is 5.88 Å². The average Bonchev–Trinajstić information content (AvgIpc) is 2.46. The average molecular weight is 274 g/mol. The lowest BCUT2D eigenvalue weighted by Gasteiger charge is -2.07. The van der Waals surface area contributed by atoms with Crippen LogP contribution in [-0.4, -0.2) is 21.5 Å². The highest BCUT2D eigenvalue weighted by Gasteiger charge is 2.04. The molecular weight excluding hydrogens is 260 g/mol. The molecule has 7 nitrogen and oxygen atoms in total. The van der Waals surface area contributed by atoms with E-state index in [9.17, 15) is 10.1 Å². The van der Waals surface area contributed by atoms with Crippen LogP contribution in [0.5, 0.6) is 5.88 Å². The van der Waals surface area contributed by atoms with E-state index in [0.717, 1.165) is 5.56 Å². The summed E-state index contributed by atoms with van der Waals surface area (Å²) in [5.41, 5.74) is 1.00. The van der Waals surface area contributed by atoms with Gasteiger partial charge < -0.3 is 10.1 Å². The summed E-state index contributed by atoms with van der Waals surface area (Å²) in [7, 11) is 0. The second-order valence-corrected chi connectivity index (χ2v) is 3.95. The number of nitro groups is 1. The maximum Gasteiger partial charge on any atom is 0.269 e. The van der Waals surface area contributed by atoms with Crippen LogP contribution >= 0.6 is 0 Å². The zero-order valence-corrected chi connectivity index (χ0v) is 10.9. The quantitative estimate of drug-likeness (QED) is 0.642. The first-order valence-corrected chi connectivity index (χ1v) is 6.11. The zero-order valence-electron chi connectivity index (χ0n) is 10.9. The molecular formula is C13H14N4O3. The lowest BCUT2D eigenvalue weighted by molar-refractivity contribution is -0.384. The fourth-order valence-corrected chi connectivity index (χ4v) is 1.59. The number of hydrogen-bond donors (Lipinski definition) is 1. The van der Waals surface area contributed by atoms with E-state index in [0.29, 0.717) is 24.8 Å². The van der Waals surface area contributed by atoms with Crippen molar-refractivity contribution in [1.29, 1.82) is 0 Å². The number of non-ortho nitro benzene ring substituents is 1. The van der Waals surface area contributed by atoms with Gasteiger partial charge in [-0.15, -0.1) is 0 Å². The Balaban J connectivity index is 1.97. The Labute approximate surface area is 115 Å². The van der Waals surface area contributed by atoms with Crippen molar-refractivity contribution < 1.29 is 9.66 Å². The highest BCUT2D eigenvalue weighted by molar-refractivity contribution is 5.39. The molecule has 0 saturated heterocycles. The van der Waals surface area contributed by atoms with Crippen LogP contribution in [0.3, 0.4) is 0 Å². The summed E-state index contributed by atoms with van der Waals surface area (Å²) in [5.74, 6) is 1.15. The van der Waals surface area contributed by atoms with E-state index in [1.54, 1.807) is 18.2 Å². The Morgan fingerprint density at radius 3 is 2.70 bits per heavy atom. The third-order valence-corrected chi connectivity index (χ3v) is 2.56. The summed E-state index contributed by atoms with van der Waals surface area (Å²) in [4.78, 5) is 18.2. The van der Waals surface area contributed by atoms with Gasteiger partial charge in [-0.2, -0.15) is 0 Å². The third-order valence-electron chi connectivity index (χ3n) is 2.56. The third kappa shape index (κ3) is 3.64. The molecule has 0 fully saturated rings. The molecule has 0 saturated carbocycles. The molecule has 0 aliphatic heterocycles. The summed E-state index contributed by atoms with van der Waals surface area (Å²) >= 11 is 0. The molecule has 0 amide bonds. The lowest BCUT2D eigenvalue weighted by Crippen LogP contribution is -2.03. The van der Waals surface area contributed by atoms with Crippen LogP contribution in [0, 0.1) is 10.1 Å². The van der Waals surface area contributed by atoms with Gasteiger partial charge in [0.05, 0.1) is 11.5 Å². The second-order valence-electron chi connectivity index (χ2n) is 3.95. The SMILES string of the molecule is CCOc1cc(NCc2ccc([N+](=O)[O-])cc2)ncn1. The van der Waals surface area contributed by atoms with Crippen molar-refractivity contribution in [2.45, 2.75) is 13.5 Å². The van der Waals surface area contributed by atoms with Crippen LogP contribution in [0.25, 0.3) is 0 Å². The number of aromatic nitrogens is 2. The predicted molar refractivity (Wildman–Crippen MR) is 73.6 cm³/mol. The van der Waals surface area contributed by atoms with Crippen molar-refractivity contribution in [3.05, 3.63) is 52.3 Å². The van der Waals surface area contributed by atoms with Gasteiger partial charge in [-0.25, -0.2) is 9.97 Å². The Bertz CT molecular complexity index is 586. The molecule has 0 aliphatic carbocycles. The first-order valence-electron chi connectivity index (χ1n) is 6.11. The summed E-state index contributed by atoms with van der Waals surface area (Å²) in [6, 6.07) is 8.06. The van der Waals surface area contributed by atoms with Gasteiger partial charge in [-0.1, -0.05) is 12.1 Å². The molecule has 1 aromatic carbocycles. The van der Waals surface area contributed by atoms with Crippen molar-refractivity contribution in [3.63, 3.8) is 0 Å². The lowest BCUT2D eigenvalue weighted by atomic mass is 10.2. The minimum Gasteiger partial charge on any atom is -0.478 e. The zero-order chi connectivity index (χ0) is 14.4. The van der Waals surface area contributed by atoms with Crippen molar-refractivity contribution >= 4 is 11.5 Å². The van der Waals surface area contributed by atoms with Gasteiger partial charge in [0.1, 0.15) is 12.1 Å². The number of nitro benzene ring substituents is 1. The van der Waals surface area contributed by atoms with Crippen LogP contribution in [0.15, 0.2) is 36.7 Å². The fourth-order valence-electron chi connectivity index (χ4n) is 1.59. The predicted octanol–water partition coefficient (Wildman–Crippen LogP) is 2.40. The Hall–Kier alpha value is -2.70. The van der Waals surface area contributed by atoms with E-state index in [1.165, 1.54) is 18.5 Å². The second kappa shape index (κ2) is 6.46. The van der Waals surface area contributed by atoms with E-state index in [-0.39, 0.29) is 5.69 Å². The fraction of sp³-hybridized carbons (Fsp3) is 0.231. The smallest absolute Gasteiger partial charge is 0.269 e. The number of anilines is 1. The summed E-state index contributed by atoms with van der Waals surface area (Å²) in [6.07, 6.45) is 1.42. The number of nitrogens with zero attached hydrogens (tertiary/aromatic N) is 3. The number of hydrogen-bond acceptors (Lipinski definition) is 6. The molecule has 0 unspecified atom stereocenters. The van der Waals surface area contributed by atoms with Gasteiger partial charge in [0.25, 0.3) is 5.69 Å². The maximum atomic E-state index is 10.5. The molecule has 0 bridgehead atoms. The van der Waals surface area contributed by atoms with Crippen molar-refractivity contribution in [3.8, 4) is 5.88 Å². The number of ether oxygens (including phenoxy) is 1. The Kier molecular flexibility index (Phi) is 4.43. The largest absolute Gasteiger partial charge is 0.478 e. The van der Waals surface area contributed by atoms with E-state index in [2.05, 4.69) is 15.3 Å².